The smallest absolute Gasteiger partial charge is 0.407 e. The molecule has 3 aromatic heterocycles. The summed E-state index contributed by atoms with van der Waals surface area (Å²) in [7, 11) is 1.66. The van der Waals surface area contributed by atoms with Crippen molar-refractivity contribution in [2.45, 2.75) is 26.4 Å². The maximum Gasteiger partial charge on any atom is 0.407 e. The van der Waals surface area contributed by atoms with E-state index in [1.807, 2.05) is 0 Å². The minimum Gasteiger partial charge on any atom is -0.490 e. The van der Waals surface area contributed by atoms with Gasteiger partial charge in [-0.1, -0.05) is 0 Å². The lowest BCUT2D eigenvalue weighted by Gasteiger charge is -2.19. The first-order valence-electron chi connectivity index (χ1n) is 9.61. The van der Waals surface area contributed by atoms with Gasteiger partial charge in [-0.15, -0.1) is 0 Å². The van der Waals surface area contributed by atoms with Gasteiger partial charge in [0.25, 0.3) is 5.91 Å². The maximum atomic E-state index is 12.8. The van der Waals surface area contributed by atoms with Crippen molar-refractivity contribution >= 4 is 39.3 Å². The number of amides is 2. The highest BCUT2D eigenvalue weighted by Gasteiger charge is 2.17. The van der Waals surface area contributed by atoms with Crippen LogP contribution in [-0.2, 0) is 4.74 Å². The van der Waals surface area contributed by atoms with Crippen LogP contribution in [0.5, 0.6) is 5.75 Å². The predicted octanol–water partition coefficient (Wildman–Crippen LogP) is 3.67. The fourth-order valence-electron chi connectivity index (χ4n) is 2.67. The van der Waals surface area contributed by atoms with Crippen molar-refractivity contribution in [2.24, 2.45) is 0 Å². The summed E-state index contributed by atoms with van der Waals surface area (Å²) in [6, 6.07) is 6.89. The van der Waals surface area contributed by atoms with Gasteiger partial charge in [0, 0.05) is 18.8 Å². The summed E-state index contributed by atoms with van der Waals surface area (Å²) >= 11 is 3.42. The van der Waals surface area contributed by atoms with E-state index in [2.05, 4.69) is 31.3 Å². The molecule has 1 N–H and O–H groups in total. The van der Waals surface area contributed by atoms with Crippen molar-refractivity contribution in [2.75, 3.05) is 25.1 Å². The van der Waals surface area contributed by atoms with Crippen LogP contribution in [0.2, 0.25) is 0 Å². The number of pyridine rings is 2. The number of fused-ring (bicyclic) bond motifs is 1. The molecule has 10 heteroatoms. The van der Waals surface area contributed by atoms with E-state index >= 15 is 0 Å². The van der Waals surface area contributed by atoms with Crippen molar-refractivity contribution in [3.63, 3.8) is 0 Å². The molecule has 0 aliphatic carbocycles. The molecule has 2 amide bonds. The van der Waals surface area contributed by atoms with E-state index in [0.29, 0.717) is 23.7 Å². The van der Waals surface area contributed by atoms with Gasteiger partial charge < -0.3 is 14.8 Å². The van der Waals surface area contributed by atoms with Gasteiger partial charge in [0.05, 0.1) is 28.9 Å². The number of nitrogens with one attached hydrogen (secondary N) is 1. The summed E-state index contributed by atoms with van der Waals surface area (Å²) in [4.78, 5) is 30.2. The summed E-state index contributed by atoms with van der Waals surface area (Å²) in [6.07, 6.45) is 4.45. The van der Waals surface area contributed by atoms with E-state index in [4.69, 9.17) is 9.47 Å². The second-order valence-corrected chi connectivity index (χ2v) is 8.59. The van der Waals surface area contributed by atoms with E-state index in [9.17, 15) is 9.59 Å². The number of ether oxygens (including phenoxy) is 2. The van der Waals surface area contributed by atoms with Gasteiger partial charge >= 0.3 is 6.09 Å². The number of carbonyl (C=O) groups is 2. The van der Waals surface area contributed by atoms with Crippen LogP contribution in [0.25, 0.3) is 5.52 Å². The van der Waals surface area contributed by atoms with Crippen LogP contribution in [0.3, 0.4) is 0 Å². The highest BCUT2D eigenvalue weighted by molar-refractivity contribution is 9.10. The molecular formula is C21H24BrN5O4. The lowest BCUT2D eigenvalue weighted by Crippen LogP contribution is -2.34. The molecule has 0 aliphatic rings. The van der Waals surface area contributed by atoms with Gasteiger partial charge in [-0.2, -0.15) is 5.10 Å². The number of rotatable bonds is 6. The van der Waals surface area contributed by atoms with E-state index in [0.717, 1.165) is 9.99 Å². The Labute approximate surface area is 188 Å². The Morgan fingerprint density at radius 2 is 2.00 bits per heavy atom. The van der Waals surface area contributed by atoms with E-state index in [1.165, 1.54) is 11.1 Å². The Bertz CT molecular complexity index is 1080. The molecule has 0 saturated heterocycles. The molecule has 0 atom stereocenters. The predicted molar refractivity (Wildman–Crippen MR) is 120 cm³/mol. The average Bonchev–Trinajstić information content (AvgIpc) is 3.09. The molecule has 0 unspecified atom stereocenters. The third kappa shape index (κ3) is 5.94. The topological polar surface area (TPSA) is 98.1 Å². The summed E-state index contributed by atoms with van der Waals surface area (Å²) in [5.74, 6) is 0.815. The molecule has 9 nitrogen and oxygen atoms in total. The number of hydrogen-bond acceptors (Lipinski definition) is 6. The van der Waals surface area contributed by atoms with E-state index in [-0.39, 0.29) is 12.5 Å². The molecule has 164 valence electrons. The van der Waals surface area contributed by atoms with Crippen LogP contribution in [0, 0.1) is 0 Å². The third-order valence-corrected chi connectivity index (χ3v) is 4.74. The summed E-state index contributed by atoms with van der Waals surface area (Å²) in [5.41, 5.74) is 0.775. The molecule has 0 radical (unpaired) electrons. The summed E-state index contributed by atoms with van der Waals surface area (Å²) in [6.45, 7) is 5.95. The Hall–Kier alpha value is -3.14. The number of halogens is 1. The molecule has 31 heavy (non-hydrogen) atoms. The lowest BCUT2D eigenvalue weighted by atomic mass is 10.2. The van der Waals surface area contributed by atoms with Crippen LogP contribution in [-0.4, -0.2) is 52.4 Å². The van der Waals surface area contributed by atoms with Gasteiger partial charge in [0.15, 0.2) is 0 Å². The molecule has 3 heterocycles. The van der Waals surface area contributed by atoms with Gasteiger partial charge in [-0.25, -0.2) is 14.3 Å². The van der Waals surface area contributed by atoms with Crippen LogP contribution in [0.4, 0.5) is 10.6 Å². The molecule has 0 saturated carbocycles. The maximum absolute atomic E-state index is 12.8. The second-order valence-electron chi connectivity index (χ2n) is 7.73. The zero-order valence-electron chi connectivity index (χ0n) is 17.8. The Balaban J connectivity index is 1.54. The zero-order valence-corrected chi connectivity index (χ0v) is 19.3. The van der Waals surface area contributed by atoms with Crippen LogP contribution < -0.4 is 15.0 Å². The number of aromatic nitrogens is 3. The number of carbonyl (C=O) groups excluding carboxylic acids is 2. The lowest BCUT2D eigenvalue weighted by molar-refractivity contribution is 0.0520. The SMILES string of the molecule is CN(C(=O)c1ccn2ncc(Br)c2c1)c1ccc(OCCNC(=O)OC(C)(C)C)cn1. The summed E-state index contributed by atoms with van der Waals surface area (Å²) < 4.78 is 13.2. The molecular weight excluding hydrogens is 466 g/mol. The number of nitrogens with zero attached hydrogens (tertiary/aromatic N) is 4. The van der Waals surface area contributed by atoms with Crippen molar-refractivity contribution < 1.29 is 19.1 Å². The Morgan fingerprint density at radius 1 is 1.23 bits per heavy atom. The number of anilines is 1. The molecule has 0 aliphatic heterocycles. The van der Waals surface area contributed by atoms with Crippen molar-refractivity contribution in [3.05, 3.63) is 52.9 Å². The van der Waals surface area contributed by atoms with E-state index in [1.54, 1.807) is 69.0 Å². The van der Waals surface area contributed by atoms with Gasteiger partial charge in [-0.05, 0) is 61.0 Å². The van der Waals surface area contributed by atoms with Gasteiger partial charge in [-0.3, -0.25) is 9.69 Å². The normalized spacial score (nSPS) is 11.3. The van der Waals surface area contributed by atoms with Gasteiger partial charge in [0.1, 0.15) is 23.8 Å². The van der Waals surface area contributed by atoms with Crippen LogP contribution in [0.1, 0.15) is 31.1 Å². The molecule has 0 bridgehead atoms. The summed E-state index contributed by atoms with van der Waals surface area (Å²) in [5, 5.41) is 6.79. The van der Waals surface area contributed by atoms with Crippen molar-refractivity contribution in [1.29, 1.82) is 0 Å². The molecule has 0 spiro atoms. The van der Waals surface area contributed by atoms with Crippen molar-refractivity contribution in [1.82, 2.24) is 19.9 Å². The fraction of sp³-hybridized carbons (Fsp3) is 0.333. The third-order valence-electron chi connectivity index (χ3n) is 4.13. The first-order valence-corrected chi connectivity index (χ1v) is 10.4. The van der Waals surface area contributed by atoms with Crippen molar-refractivity contribution in [3.8, 4) is 5.75 Å². The Kier molecular flexibility index (Phi) is 6.79. The zero-order chi connectivity index (χ0) is 22.6. The first-order chi connectivity index (χ1) is 14.6. The number of hydrogen-bond donors (Lipinski definition) is 1. The average molecular weight is 490 g/mol. The first kappa shape index (κ1) is 22.5. The fourth-order valence-corrected chi connectivity index (χ4v) is 3.06. The van der Waals surface area contributed by atoms with Gasteiger partial charge in [0.2, 0.25) is 0 Å². The molecule has 3 rings (SSSR count). The second kappa shape index (κ2) is 9.34. The minimum absolute atomic E-state index is 0.196. The van der Waals surface area contributed by atoms with Crippen LogP contribution in [0.15, 0.2) is 47.3 Å². The number of alkyl carbamates (subject to hydrolysis) is 1. The monoisotopic (exact) mass is 489 g/mol. The highest BCUT2D eigenvalue weighted by Crippen LogP contribution is 2.21. The molecule has 0 fully saturated rings. The quantitative estimate of drug-likeness (QED) is 0.530. The highest BCUT2D eigenvalue weighted by atomic mass is 79.9. The Morgan fingerprint density at radius 3 is 2.68 bits per heavy atom. The molecule has 0 aromatic carbocycles. The molecule has 3 aromatic rings. The van der Waals surface area contributed by atoms with Crippen LogP contribution >= 0.6 is 15.9 Å². The minimum atomic E-state index is -0.546. The standard InChI is InChI=1S/C21H24BrN5O4/c1-21(2,3)31-20(29)23-8-10-30-15-5-6-18(24-12-15)26(4)19(28)14-7-9-27-17(11-14)16(22)13-25-27/h5-7,9,11-13H,8,10H2,1-4H3,(H,23,29). The largest absolute Gasteiger partial charge is 0.490 e. The van der Waals surface area contributed by atoms with E-state index < -0.39 is 11.7 Å².